The number of aryl methyl sites for hydroxylation is 1. The van der Waals surface area contributed by atoms with Crippen molar-refractivity contribution in [1.82, 2.24) is 4.98 Å². The minimum Gasteiger partial charge on any atom is -0.466 e. The second kappa shape index (κ2) is 11.3. The Balaban J connectivity index is 3.17. The van der Waals surface area contributed by atoms with Gasteiger partial charge in [-0.05, 0) is 49.9 Å². The summed E-state index contributed by atoms with van der Waals surface area (Å²) in [6.07, 6.45) is 1.63. The van der Waals surface area contributed by atoms with Crippen LogP contribution in [0.2, 0.25) is 0 Å². The molecular weight excluding hydrogens is 390 g/mol. The van der Waals surface area contributed by atoms with Crippen LogP contribution in [-0.4, -0.2) is 47.3 Å². The van der Waals surface area contributed by atoms with Crippen LogP contribution in [0.3, 0.4) is 0 Å². The van der Waals surface area contributed by atoms with Gasteiger partial charge in [-0.25, -0.2) is 4.79 Å². The molecular formula is C21H29N3O6. The van der Waals surface area contributed by atoms with Gasteiger partial charge < -0.3 is 9.47 Å². The predicted molar refractivity (Wildman–Crippen MR) is 111 cm³/mol. The SMILES string of the molecule is CCOC(=O)CC(=O)COC(=O)c1cc(CC)cnc1C(N=O)=NC(C)(C)C(C)C. The van der Waals surface area contributed by atoms with Crippen molar-refractivity contribution in [3.63, 3.8) is 0 Å². The van der Waals surface area contributed by atoms with Crippen molar-refractivity contribution < 1.29 is 23.9 Å². The van der Waals surface area contributed by atoms with Crippen LogP contribution in [0.5, 0.6) is 0 Å². The molecule has 0 aromatic carbocycles. The molecule has 0 N–H and O–H groups in total. The summed E-state index contributed by atoms with van der Waals surface area (Å²) in [5, 5.41) is 2.98. The van der Waals surface area contributed by atoms with Crippen LogP contribution in [0, 0.1) is 10.8 Å². The third kappa shape index (κ3) is 7.13. The Hall–Kier alpha value is -2.97. The lowest BCUT2D eigenvalue weighted by Gasteiger charge is -2.24. The van der Waals surface area contributed by atoms with Gasteiger partial charge in [0.15, 0.2) is 12.4 Å². The van der Waals surface area contributed by atoms with Gasteiger partial charge in [0.05, 0.1) is 17.7 Å². The molecule has 0 radical (unpaired) electrons. The lowest BCUT2D eigenvalue weighted by atomic mass is 9.91. The molecule has 0 aliphatic heterocycles. The number of nitrogens with zero attached hydrogens (tertiary/aromatic N) is 3. The van der Waals surface area contributed by atoms with Gasteiger partial charge in [0.2, 0.25) is 5.84 Å². The van der Waals surface area contributed by atoms with Gasteiger partial charge in [0.25, 0.3) is 0 Å². The van der Waals surface area contributed by atoms with Gasteiger partial charge in [0.1, 0.15) is 12.1 Å². The van der Waals surface area contributed by atoms with E-state index in [2.05, 4.69) is 15.2 Å². The number of aromatic nitrogens is 1. The van der Waals surface area contributed by atoms with Crippen LogP contribution < -0.4 is 0 Å². The zero-order valence-corrected chi connectivity index (χ0v) is 18.4. The first-order valence-corrected chi connectivity index (χ1v) is 9.82. The fourth-order valence-corrected chi connectivity index (χ4v) is 2.20. The number of ether oxygens (including phenoxy) is 2. The molecule has 0 amide bonds. The Morgan fingerprint density at radius 3 is 2.37 bits per heavy atom. The average Bonchev–Trinajstić information content (AvgIpc) is 2.69. The van der Waals surface area contributed by atoms with E-state index in [0.717, 1.165) is 5.56 Å². The quantitative estimate of drug-likeness (QED) is 0.187. The van der Waals surface area contributed by atoms with Crippen molar-refractivity contribution in [1.29, 1.82) is 0 Å². The summed E-state index contributed by atoms with van der Waals surface area (Å²) in [5.74, 6) is -2.28. The highest BCUT2D eigenvalue weighted by atomic mass is 16.5. The second-order valence-corrected chi connectivity index (χ2v) is 7.52. The van der Waals surface area contributed by atoms with Gasteiger partial charge >= 0.3 is 11.9 Å². The molecule has 0 aliphatic carbocycles. The van der Waals surface area contributed by atoms with Crippen molar-refractivity contribution in [2.24, 2.45) is 16.1 Å². The molecule has 1 heterocycles. The number of hydrogen-bond acceptors (Lipinski definition) is 8. The highest BCUT2D eigenvalue weighted by Crippen LogP contribution is 2.23. The summed E-state index contributed by atoms with van der Waals surface area (Å²) in [6.45, 7) is 10.6. The number of pyridine rings is 1. The Labute approximate surface area is 176 Å². The molecule has 0 saturated carbocycles. The fraction of sp³-hybridized carbons (Fsp3) is 0.571. The van der Waals surface area contributed by atoms with E-state index in [-0.39, 0.29) is 29.6 Å². The summed E-state index contributed by atoms with van der Waals surface area (Å²) in [6, 6.07) is 1.53. The largest absolute Gasteiger partial charge is 0.466 e. The molecule has 0 saturated heterocycles. The van der Waals surface area contributed by atoms with E-state index in [9.17, 15) is 19.3 Å². The Kier molecular flexibility index (Phi) is 9.42. The second-order valence-electron chi connectivity index (χ2n) is 7.52. The van der Waals surface area contributed by atoms with Crippen molar-refractivity contribution in [3.8, 4) is 0 Å². The van der Waals surface area contributed by atoms with Crippen LogP contribution >= 0.6 is 0 Å². The van der Waals surface area contributed by atoms with Crippen LogP contribution in [0.25, 0.3) is 0 Å². The summed E-state index contributed by atoms with van der Waals surface area (Å²) < 4.78 is 9.74. The van der Waals surface area contributed by atoms with Crippen LogP contribution in [-0.2, 0) is 25.5 Å². The van der Waals surface area contributed by atoms with E-state index in [1.165, 1.54) is 12.3 Å². The number of hydrogen-bond donors (Lipinski definition) is 0. The molecule has 30 heavy (non-hydrogen) atoms. The Bertz CT molecular complexity index is 830. The number of amidine groups is 1. The molecule has 9 nitrogen and oxygen atoms in total. The maximum atomic E-state index is 12.6. The molecule has 9 heteroatoms. The van der Waals surface area contributed by atoms with E-state index in [1.807, 2.05) is 34.6 Å². The van der Waals surface area contributed by atoms with E-state index in [1.54, 1.807) is 6.92 Å². The number of aliphatic imine (C=N–C) groups is 1. The number of carbonyl (C=O) groups excluding carboxylic acids is 3. The first-order valence-electron chi connectivity index (χ1n) is 9.82. The normalized spacial score (nSPS) is 11.9. The summed E-state index contributed by atoms with van der Waals surface area (Å²) >= 11 is 0. The lowest BCUT2D eigenvalue weighted by molar-refractivity contribution is -0.146. The fourth-order valence-electron chi connectivity index (χ4n) is 2.20. The highest BCUT2D eigenvalue weighted by Gasteiger charge is 2.26. The third-order valence-electron chi connectivity index (χ3n) is 4.69. The molecule has 0 spiro atoms. The standard InChI is InChI=1S/C21H29N3O6/c1-7-14-9-16(20(27)30-12-15(25)10-17(26)29-8-2)18(22-11-14)19(24-28)23-21(5,6)13(3)4/h9,11,13H,7-8,10,12H2,1-6H3. The zero-order valence-electron chi connectivity index (χ0n) is 18.4. The van der Waals surface area contributed by atoms with Crippen LogP contribution in [0.15, 0.2) is 22.4 Å². The van der Waals surface area contributed by atoms with Gasteiger partial charge in [-0.1, -0.05) is 20.8 Å². The van der Waals surface area contributed by atoms with Crippen molar-refractivity contribution in [2.45, 2.75) is 59.9 Å². The van der Waals surface area contributed by atoms with E-state index in [0.29, 0.717) is 6.42 Å². The third-order valence-corrected chi connectivity index (χ3v) is 4.69. The minimum absolute atomic E-state index is 0.0150. The van der Waals surface area contributed by atoms with Crippen molar-refractivity contribution in [2.75, 3.05) is 13.2 Å². The number of rotatable bonds is 10. The molecule has 0 bridgehead atoms. The first kappa shape index (κ1) is 25.1. The van der Waals surface area contributed by atoms with E-state index < -0.39 is 36.3 Å². The van der Waals surface area contributed by atoms with Gasteiger partial charge in [0, 0.05) is 6.20 Å². The minimum atomic E-state index is -0.858. The molecule has 1 aromatic rings. The predicted octanol–water partition coefficient (Wildman–Crippen LogP) is 3.27. The average molecular weight is 419 g/mol. The number of esters is 2. The topological polar surface area (TPSA) is 124 Å². The Morgan fingerprint density at radius 2 is 1.83 bits per heavy atom. The molecule has 0 fully saturated rings. The van der Waals surface area contributed by atoms with Crippen molar-refractivity contribution in [3.05, 3.63) is 34.0 Å². The highest BCUT2D eigenvalue weighted by molar-refractivity contribution is 6.07. The number of ketones is 1. The summed E-state index contributed by atoms with van der Waals surface area (Å²) in [4.78, 5) is 55.9. The van der Waals surface area contributed by atoms with Gasteiger partial charge in [-0.15, -0.1) is 4.91 Å². The van der Waals surface area contributed by atoms with Gasteiger partial charge in [-0.2, -0.15) is 0 Å². The number of nitroso groups, excluding NO2 is 1. The van der Waals surface area contributed by atoms with Crippen LogP contribution in [0.4, 0.5) is 0 Å². The Morgan fingerprint density at radius 1 is 1.17 bits per heavy atom. The van der Waals surface area contributed by atoms with E-state index in [4.69, 9.17) is 9.47 Å². The first-order chi connectivity index (χ1) is 14.0. The monoisotopic (exact) mass is 419 g/mol. The maximum absolute atomic E-state index is 12.6. The molecule has 0 aliphatic rings. The maximum Gasteiger partial charge on any atom is 0.340 e. The molecule has 0 atom stereocenters. The molecule has 1 rings (SSSR count). The van der Waals surface area contributed by atoms with Crippen LogP contribution in [0.1, 0.15) is 69.6 Å². The van der Waals surface area contributed by atoms with Gasteiger partial charge in [-0.3, -0.25) is 19.6 Å². The summed E-state index contributed by atoms with van der Waals surface area (Å²) in [7, 11) is 0. The van der Waals surface area contributed by atoms with E-state index >= 15 is 0 Å². The molecule has 0 unspecified atom stereocenters. The molecule has 164 valence electrons. The van der Waals surface area contributed by atoms with Crippen molar-refractivity contribution >= 4 is 23.6 Å². The number of carbonyl (C=O) groups is 3. The molecule has 1 aromatic heterocycles. The summed E-state index contributed by atoms with van der Waals surface area (Å²) in [5.41, 5.74) is 0.0809. The smallest absolute Gasteiger partial charge is 0.340 e. The number of Topliss-reactive ketones (excluding diaryl/α,β-unsaturated/α-hetero) is 1. The lowest BCUT2D eigenvalue weighted by Crippen LogP contribution is -2.27. The zero-order chi connectivity index (χ0) is 22.9.